The second-order valence-corrected chi connectivity index (χ2v) is 5.98. The molecule has 0 radical (unpaired) electrons. The first kappa shape index (κ1) is 12.9. The van der Waals surface area contributed by atoms with E-state index in [9.17, 15) is 0 Å². The first-order valence-corrected chi connectivity index (χ1v) is 7.39. The van der Waals surface area contributed by atoms with E-state index in [0.29, 0.717) is 6.04 Å². The van der Waals surface area contributed by atoms with Crippen molar-refractivity contribution in [3.05, 3.63) is 40.0 Å². The Labute approximate surface area is 121 Å². The zero-order chi connectivity index (χ0) is 13.4. The van der Waals surface area contributed by atoms with Crippen LogP contribution < -0.4 is 0 Å². The van der Waals surface area contributed by atoms with Crippen molar-refractivity contribution in [2.75, 3.05) is 0 Å². The summed E-state index contributed by atoms with van der Waals surface area (Å²) < 4.78 is 8.56. The Morgan fingerprint density at radius 3 is 2.79 bits per heavy atom. The van der Waals surface area contributed by atoms with Crippen LogP contribution in [0, 0.1) is 6.92 Å². The molecule has 1 aliphatic rings. The maximum absolute atomic E-state index is 5.47. The topological polar surface area (TPSA) is 34.2 Å². The molecule has 0 bridgehead atoms. The van der Waals surface area contributed by atoms with Crippen molar-refractivity contribution in [2.24, 2.45) is 7.05 Å². The maximum atomic E-state index is 5.47. The molecule has 0 aliphatic heterocycles. The van der Waals surface area contributed by atoms with Crippen molar-refractivity contribution in [1.29, 1.82) is 0 Å². The van der Waals surface area contributed by atoms with Gasteiger partial charge in [-0.05, 0) is 47.8 Å². The summed E-state index contributed by atoms with van der Waals surface area (Å²) in [7, 11) is 2.01. The molecule has 1 saturated carbocycles. The van der Waals surface area contributed by atoms with Crippen molar-refractivity contribution >= 4 is 15.9 Å². The van der Waals surface area contributed by atoms with Crippen LogP contribution in [0.3, 0.4) is 0 Å². The van der Waals surface area contributed by atoms with Gasteiger partial charge in [-0.25, -0.2) is 0 Å². The molecular weight excluding hydrogens is 306 g/mol. The fourth-order valence-electron chi connectivity index (χ4n) is 2.40. The van der Waals surface area contributed by atoms with Gasteiger partial charge in [-0.3, -0.25) is 9.58 Å². The number of rotatable bonds is 5. The first-order chi connectivity index (χ1) is 9.15. The normalized spacial score (nSPS) is 15.4. The molecule has 19 heavy (non-hydrogen) atoms. The number of halogens is 1. The van der Waals surface area contributed by atoms with Crippen molar-refractivity contribution in [3.63, 3.8) is 0 Å². The molecule has 102 valence electrons. The predicted octanol–water partition coefficient (Wildman–Crippen LogP) is 3.25. The lowest BCUT2D eigenvalue weighted by Gasteiger charge is -2.21. The predicted molar refractivity (Wildman–Crippen MR) is 76.6 cm³/mol. The Kier molecular flexibility index (Phi) is 3.50. The molecule has 2 aromatic rings. The lowest BCUT2D eigenvalue weighted by Crippen LogP contribution is -2.26. The smallest absolute Gasteiger partial charge is 0.117 e. The van der Waals surface area contributed by atoms with Crippen molar-refractivity contribution in [2.45, 2.75) is 38.9 Å². The highest BCUT2D eigenvalue weighted by Crippen LogP contribution is 2.31. The van der Waals surface area contributed by atoms with Gasteiger partial charge in [0.2, 0.25) is 0 Å². The second-order valence-electron chi connectivity index (χ2n) is 5.19. The number of hydrogen-bond acceptors (Lipinski definition) is 3. The van der Waals surface area contributed by atoms with Crippen LogP contribution in [0.1, 0.15) is 30.0 Å². The average Bonchev–Trinajstić information content (AvgIpc) is 3.05. The lowest BCUT2D eigenvalue weighted by molar-refractivity contribution is 0.219. The third kappa shape index (κ3) is 2.77. The van der Waals surface area contributed by atoms with Crippen LogP contribution in [0.4, 0.5) is 0 Å². The monoisotopic (exact) mass is 323 g/mol. The van der Waals surface area contributed by atoms with E-state index in [2.05, 4.69) is 25.9 Å². The molecule has 0 unspecified atom stereocenters. The highest BCUT2D eigenvalue weighted by Gasteiger charge is 2.30. The fourth-order valence-corrected chi connectivity index (χ4v) is 2.86. The van der Waals surface area contributed by atoms with E-state index in [-0.39, 0.29) is 0 Å². The summed E-state index contributed by atoms with van der Waals surface area (Å²) in [6.45, 7) is 3.80. The number of nitrogens with zero attached hydrogens (tertiary/aromatic N) is 3. The molecule has 4 nitrogen and oxygen atoms in total. The van der Waals surface area contributed by atoms with Crippen LogP contribution in [0.5, 0.6) is 0 Å². The third-order valence-electron chi connectivity index (χ3n) is 3.62. The molecule has 0 aromatic carbocycles. The lowest BCUT2D eigenvalue weighted by atomic mass is 10.3. The molecule has 2 heterocycles. The van der Waals surface area contributed by atoms with Crippen molar-refractivity contribution in [3.8, 4) is 0 Å². The molecule has 5 heteroatoms. The quantitative estimate of drug-likeness (QED) is 0.847. The Morgan fingerprint density at radius 1 is 1.47 bits per heavy atom. The summed E-state index contributed by atoms with van der Waals surface area (Å²) in [5, 5.41) is 4.46. The standard InChI is InChI=1S/C14H18BrN3O/c1-10-14(15)13(17(2)16-10)9-18(11-5-6-11)8-12-4-3-7-19-12/h3-4,7,11H,5-6,8-9H2,1-2H3. The van der Waals surface area contributed by atoms with Gasteiger partial charge in [-0.1, -0.05) is 0 Å². The van der Waals surface area contributed by atoms with E-state index in [1.54, 1.807) is 6.26 Å². The summed E-state index contributed by atoms with van der Waals surface area (Å²) in [5.41, 5.74) is 2.28. The van der Waals surface area contributed by atoms with E-state index >= 15 is 0 Å². The SMILES string of the molecule is Cc1nn(C)c(CN(Cc2ccco2)C2CC2)c1Br. The van der Waals surface area contributed by atoms with Crippen molar-refractivity contribution in [1.82, 2.24) is 14.7 Å². The summed E-state index contributed by atoms with van der Waals surface area (Å²) in [5.74, 6) is 1.03. The minimum atomic E-state index is 0.687. The highest BCUT2D eigenvalue weighted by molar-refractivity contribution is 9.10. The zero-order valence-electron chi connectivity index (χ0n) is 11.3. The number of aromatic nitrogens is 2. The molecule has 1 fully saturated rings. The van der Waals surface area contributed by atoms with Crippen LogP contribution in [0.2, 0.25) is 0 Å². The Bertz CT molecular complexity index is 558. The fraction of sp³-hybridized carbons (Fsp3) is 0.500. The summed E-state index contributed by atoms with van der Waals surface area (Å²) in [6.07, 6.45) is 4.31. The van der Waals surface area contributed by atoms with Crippen LogP contribution in [-0.4, -0.2) is 20.7 Å². The molecule has 2 aromatic heterocycles. The summed E-state index contributed by atoms with van der Waals surface area (Å²) in [4.78, 5) is 2.47. The third-order valence-corrected chi connectivity index (χ3v) is 4.65. The van der Waals surface area contributed by atoms with Gasteiger partial charge in [0.25, 0.3) is 0 Å². The molecule has 1 aliphatic carbocycles. The summed E-state index contributed by atoms with van der Waals surface area (Å²) in [6, 6.07) is 4.68. The maximum Gasteiger partial charge on any atom is 0.117 e. The summed E-state index contributed by atoms with van der Waals surface area (Å²) >= 11 is 3.64. The minimum Gasteiger partial charge on any atom is -0.468 e. The molecule has 0 amide bonds. The van der Waals surface area contributed by atoms with Crippen LogP contribution in [0.25, 0.3) is 0 Å². The van der Waals surface area contributed by atoms with Gasteiger partial charge in [0.05, 0.1) is 28.7 Å². The Balaban J connectivity index is 1.78. The van der Waals surface area contributed by atoms with E-state index in [1.165, 1.54) is 18.5 Å². The van der Waals surface area contributed by atoms with Gasteiger partial charge in [0.15, 0.2) is 0 Å². The Hall–Kier alpha value is -1.07. The van der Waals surface area contributed by atoms with Gasteiger partial charge >= 0.3 is 0 Å². The molecule has 3 rings (SSSR count). The largest absolute Gasteiger partial charge is 0.468 e. The van der Waals surface area contributed by atoms with Gasteiger partial charge in [0, 0.05) is 19.6 Å². The van der Waals surface area contributed by atoms with E-state index < -0.39 is 0 Å². The van der Waals surface area contributed by atoms with E-state index in [0.717, 1.165) is 29.0 Å². The highest BCUT2D eigenvalue weighted by atomic mass is 79.9. The molecule has 0 saturated heterocycles. The molecule has 0 atom stereocenters. The van der Waals surface area contributed by atoms with Gasteiger partial charge < -0.3 is 4.42 Å². The van der Waals surface area contributed by atoms with E-state index in [4.69, 9.17) is 4.42 Å². The number of furan rings is 1. The minimum absolute atomic E-state index is 0.687. The van der Waals surface area contributed by atoms with Gasteiger partial charge in [0.1, 0.15) is 5.76 Å². The molecule has 0 spiro atoms. The first-order valence-electron chi connectivity index (χ1n) is 6.59. The van der Waals surface area contributed by atoms with Gasteiger partial charge in [-0.2, -0.15) is 5.10 Å². The molecular formula is C14H18BrN3O. The van der Waals surface area contributed by atoms with E-state index in [1.807, 2.05) is 30.8 Å². The van der Waals surface area contributed by atoms with Crippen LogP contribution >= 0.6 is 15.9 Å². The van der Waals surface area contributed by atoms with Crippen LogP contribution in [-0.2, 0) is 20.1 Å². The number of aryl methyl sites for hydroxylation is 2. The van der Waals surface area contributed by atoms with Gasteiger partial charge in [-0.15, -0.1) is 0 Å². The van der Waals surface area contributed by atoms with Crippen LogP contribution in [0.15, 0.2) is 27.3 Å². The Morgan fingerprint density at radius 2 is 2.26 bits per heavy atom. The molecule has 0 N–H and O–H groups in total. The average molecular weight is 324 g/mol. The zero-order valence-corrected chi connectivity index (χ0v) is 12.9. The second kappa shape index (κ2) is 5.13. The van der Waals surface area contributed by atoms with Crippen molar-refractivity contribution < 1.29 is 4.42 Å². The number of hydrogen-bond donors (Lipinski definition) is 0.